The van der Waals surface area contributed by atoms with Crippen LogP contribution in [0.3, 0.4) is 0 Å². The Morgan fingerprint density at radius 3 is 2.44 bits per heavy atom. The highest BCUT2D eigenvalue weighted by molar-refractivity contribution is 7.99. The van der Waals surface area contributed by atoms with E-state index in [0.29, 0.717) is 24.2 Å². The molecule has 0 radical (unpaired) electrons. The van der Waals surface area contributed by atoms with Gasteiger partial charge in [0, 0.05) is 18.7 Å². The van der Waals surface area contributed by atoms with Gasteiger partial charge in [-0.1, -0.05) is 59.3 Å². The molecule has 27 heavy (non-hydrogen) atoms. The van der Waals surface area contributed by atoms with Gasteiger partial charge in [-0.05, 0) is 38.5 Å². The van der Waals surface area contributed by atoms with E-state index in [1.807, 2.05) is 68.1 Å². The van der Waals surface area contributed by atoms with E-state index in [1.54, 1.807) is 0 Å². The summed E-state index contributed by atoms with van der Waals surface area (Å²) in [5.41, 5.74) is 4.31. The number of hydrogen-bond acceptors (Lipinski definition) is 5. The van der Waals surface area contributed by atoms with Crippen molar-refractivity contribution in [2.75, 3.05) is 12.3 Å². The molecule has 0 atom stereocenters. The molecule has 6 heteroatoms. The van der Waals surface area contributed by atoms with E-state index in [4.69, 9.17) is 4.42 Å². The monoisotopic (exact) mass is 381 g/mol. The zero-order valence-corrected chi connectivity index (χ0v) is 16.6. The van der Waals surface area contributed by atoms with E-state index in [2.05, 4.69) is 16.3 Å². The molecule has 1 amide bonds. The molecule has 0 aliphatic heterocycles. The van der Waals surface area contributed by atoms with Gasteiger partial charge in [0.2, 0.25) is 11.8 Å². The number of rotatable bonds is 7. The summed E-state index contributed by atoms with van der Waals surface area (Å²) in [5.74, 6) is 0.806. The molecule has 0 N–H and O–H groups in total. The first-order chi connectivity index (χ1) is 13.0. The molecule has 1 heterocycles. The second kappa shape index (κ2) is 8.86. The lowest BCUT2D eigenvalue weighted by Gasteiger charge is -2.20. The van der Waals surface area contributed by atoms with Crippen LogP contribution in [0.5, 0.6) is 0 Å². The summed E-state index contributed by atoms with van der Waals surface area (Å²) in [7, 11) is 0. The lowest BCUT2D eigenvalue weighted by atomic mass is 10.1. The van der Waals surface area contributed by atoms with E-state index in [9.17, 15) is 4.79 Å². The number of benzene rings is 2. The third-order valence-corrected chi connectivity index (χ3v) is 4.95. The number of thioether (sulfide) groups is 1. The Hall–Kier alpha value is -2.60. The zero-order chi connectivity index (χ0) is 19.2. The van der Waals surface area contributed by atoms with Crippen molar-refractivity contribution in [1.29, 1.82) is 0 Å². The summed E-state index contributed by atoms with van der Waals surface area (Å²) >= 11 is 1.28. The highest BCUT2D eigenvalue weighted by Gasteiger charge is 2.16. The Kier molecular flexibility index (Phi) is 6.29. The van der Waals surface area contributed by atoms with Crippen molar-refractivity contribution in [3.05, 3.63) is 65.2 Å². The summed E-state index contributed by atoms with van der Waals surface area (Å²) in [6.45, 7) is 7.32. The summed E-state index contributed by atoms with van der Waals surface area (Å²) in [6, 6.07) is 16.1. The van der Waals surface area contributed by atoms with Crippen molar-refractivity contribution >= 4 is 17.7 Å². The van der Waals surface area contributed by atoms with Crippen LogP contribution in [0, 0.1) is 13.8 Å². The number of carbonyl (C=O) groups excluding carboxylic acids is 1. The van der Waals surface area contributed by atoms with Gasteiger partial charge in [-0.3, -0.25) is 4.79 Å². The van der Waals surface area contributed by atoms with Gasteiger partial charge in [0.05, 0.1) is 5.75 Å². The van der Waals surface area contributed by atoms with Gasteiger partial charge in [0.1, 0.15) is 0 Å². The third kappa shape index (κ3) is 5.20. The fourth-order valence-electron chi connectivity index (χ4n) is 2.88. The molecule has 5 nitrogen and oxygen atoms in total. The molecule has 0 fully saturated rings. The Morgan fingerprint density at radius 2 is 1.78 bits per heavy atom. The predicted octanol–water partition coefficient (Wildman–Crippen LogP) is 4.49. The normalized spacial score (nSPS) is 10.8. The van der Waals surface area contributed by atoms with Crippen molar-refractivity contribution in [1.82, 2.24) is 15.1 Å². The molecule has 140 valence electrons. The van der Waals surface area contributed by atoms with Crippen LogP contribution < -0.4 is 0 Å². The molecular weight excluding hydrogens is 358 g/mol. The lowest BCUT2D eigenvalue weighted by Crippen LogP contribution is -2.31. The summed E-state index contributed by atoms with van der Waals surface area (Å²) in [4.78, 5) is 14.4. The first kappa shape index (κ1) is 19.2. The van der Waals surface area contributed by atoms with Gasteiger partial charge >= 0.3 is 0 Å². The molecule has 0 spiro atoms. The molecule has 0 aliphatic rings. The number of hydrogen-bond donors (Lipinski definition) is 0. The molecule has 3 rings (SSSR count). The second-order valence-electron chi connectivity index (χ2n) is 6.43. The minimum atomic E-state index is 0.0532. The number of aromatic nitrogens is 2. The van der Waals surface area contributed by atoms with Gasteiger partial charge in [-0.25, -0.2) is 0 Å². The maximum atomic E-state index is 12.5. The molecule has 1 aromatic heterocycles. The summed E-state index contributed by atoms with van der Waals surface area (Å²) in [6.07, 6.45) is 0. The van der Waals surface area contributed by atoms with Crippen LogP contribution in [0.15, 0.2) is 58.2 Å². The maximum Gasteiger partial charge on any atom is 0.277 e. The van der Waals surface area contributed by atoms with Crippen molar-refractivity contribution in [3.63, 3.8) is 0 Å². The number of aryl methyl sites for hydroxylation is 2. The first-order valence-corrected chi connectivity index (χ1v) is 9.90. The van der Waals surface area contributed by atoms with Crippen LogP contribution in [-0.2, 0) is 11.3 Å². The maximum absolute atomic E-state index is 12.5. The van der Waals surface area contributed by atoms with Crippen LogP contribution in [0.25, 0.3) is 11.5 Å². The zero-order valence-electron chi connectivity index (χ0n) is 15.8. The van der Waals surface area contributed by atoms with Crippen molar-refractivity contribution in [2.45, 2.75) is 32.5 Å². The van der Waals surface area contributed by atoms with E-state index in [-0.39, 0.29) is 11.7 Å². The number of nitrogens with zero attached hydrogens (tertiary/aromatic N) is 3. The Labute approximate surface area is 163 Å². The fraction of sp³-hybridized carbons (Fsp3) is 0.286. The highest BCUT2D eigenvalue weighted by Crippen LogP contribution is 2.25. The minimum Gasteiger partial charge on any atom is -0.411 e. The van der Waals surface area contributed by atoms with Gasteiger partial charge in [0.25, 0.3) is 5.22 Å². The smallest absolute Gasteiger partial charge is 0.277 e. The van der Waals surface area contributed by atoms with E-state index < -0.39 is 0 Å². The van der Waals surface area contributed by atoms with E-state index >= 15 is 0 Å². The Bertz CT molecular complexity index is 889. The van der Waals surface area contributed by atoms with E-state index in [1.165, 1.54) is 11.8 Å². The average molecular weight is 382 g/mol. The average Bonchev–Trinajstić information content (AvgIpc) is 3.13. The Balaban J connectivity index is 1.61. The molecule has 0 saturated heterocycles. The quantitative estimate of drug-likeness (QED) is 0.564. The molecule has 3 aromatic rings. The van der Waals surface area contributed by atoms with Crippen LogP contribution >= 0.6 is 11.8 Å². The number of amides is 1. The van der Waals surface area contributed by atoms with E-state index in [0.717, 1.165) is 22.3 Å². The second-order valence-corrected chi connectivity index (χ2v) is 7.36. The van der Waals surface area contributed by atoms with Crippen LogP contribution in [-0.4, -0.2) is 33.3 Å². The van der Waals surface area contributed by atoms with Gasteiger partial charge < -0.3 is 9.32 Å². The molecule has 2 aromatic carbocycles. The molecular formula is C21H23N3O2S. The summed E-state index contributed by atoms with van der Waals surface area (Å²) in [5, 5.41) is 8.60. The largest absolute Gasteiger partial charge is 0.411 e. The molecule has 0 bridgehead atoms. The van der Waals surface area contributed by atoms with Crippen LogP contribution in [0.1, 0.15) is 23.6 Å². The topological polar surface area (TPSA) is 59.2 Å². The fourth-order valence-corrected chi connectivity index (χ4v) is 3.54. The lowest BCUT2D eigenvalue weighted by molar-refractivity contribution is -0.128. The first-order valence-electron chi connectivity index (χ1n) is 8.92. The van der Waals surface area contributed by atoms with Crippen molar-refractivity contribution in [2.24, 2.45) is 0 Å². The third-order valence-electron chi connectivity index (χ3n) is 4.14. The molecule has 0 unspecified atom stereocenters. The van der Waals surface area contributed by atoms with Crippen molar-refractivity contribution in [3.8, 4) is 11.5 Å². The van der Waals surface area contributed by atoms with Crippen LogP contribution in [0.4, 0.5) is 0 Å². The van der Waals surface area contributed by atoms with Gasteiger partial charge in [-0.2, -0.15) is 0 Å². The minimum absolute atomic E-state index is 0.0532. The highest BCUT2D eigenvalue weighted by atomic mass is 32.2. The van der Waals surface area contributed by atoms with Gasteiger partial charge in [-0.15, -0.1) is 10.2 Å². The SMILES string of the molecule is CCN(Cc1ccccc1)C(=O)CSc1nnc(-c2cc(C)cc(C)c2)o1. The Morgan fingerprint density at radius 1 is 1.07 bits per heavy atom. The molecule has 0 saturated carbocycles. The van der Waals surface area contributed by atoms with Gasteiger partial charge in [0.15, 0.2) is 0 Å². The predicted molar refractivity (Wildman–Crippen MR) is 107 cm³/mol. The molecule has 0 aliphatic carbocycles. The number of carbonyl (C=O) groups is 1. The standard InChI is InChI=1S/C21H23N3O2S/c1-4-24(13-17-8-6-5-7-9-17)19(25)14-27-21-23-22-20(26-21)18-11-15(2)10-16(3)12-18/h5-12H,4,13-14H2,1-3H3. The van der Waals surface area contributed by atoms with Crippen molar-refractivity contribution < 1.29 is 9.21 Å². The van der Waals surface area contributed by atoms with Crippen LogP contribution in [0.2, 0.25) is 0 Å². The summed E-state index contributed by atoms with van der Waals surface area (Å²) < 4.78 is 5.73.